The Morgan fingerprint density at radius 3 is 1.23 bits per heavy atom. The Bertz CT molecular complexity index is 646. The van der Waals surface area contributed by atoms with E-state index in [2.05, 4.69) is 57.0 Å². The number of rotatable bonds is 36. The Labute approximate surface area is 296 Å². The van der Waals surface area contributed by atoms with Crippen LogP contribution in [-0.4, -0.2) is 43.5 Å². The van der Waals surface area contributed by atoms with Crippen LogP contribution in [0.3, 0.4) is 0 Å². The first-order chi connectivity index (χ1) is 23.2. The monoisotopic (exact) mass is 660 g/mol. The van der Waals surface area contributed by atoms with Crippen molar-refractivity contribution in [2.24, 2.45) is 0 Å². The second-order valence-corrected chi connectivity index (χ2v) is 15.1. The molecule has 1 fully saturated rings. The van der Waals surface area contributed by atoms with Crippen molar-refractivity contribution in [3.8, 4) is 0 Å². The van der Waals surface area contributed by atoms with E-state index in [1.807, 2.05) is 0 Å². The molecule has 3 heteroatoms. The Morgan fingerprint density at radius 1 is 0.489 bits per heavy atom. The van der Waals surface area contributed by atoms with E-state index in [1.165, 1.54) is 186 Å². The summed E-state index contributed by atoms with van der Waals surface area (Å²) in [5.41, 5.74) is 0. The van der Waals surface area contributed by atoms with Crippen LogP contribution in [0.4, 0.5) is 0 Å². The summed E-state index contributed by atoms with van der Waals surface area (Å²) in [5, 5.41) is 0. The van der Waals surface area contributed by atoms with Crippen molar-refractivity contribution in [1.82, 2.24) is 4.90 Å². The van der Waals surface area contributed by atoms with Crippen LogP contribution >= 0.6 is 0 Å². The van der Waals surface area contributed by atoms with Gasteiger partial charge < -0.3 is 14.4 Å². The van der Waals surface area contributed by atoms with Crippen LogP contribution in [0, 0.1) is 0 Å². The molecular formula is C44H85NO2. The average Bonchev–Trinajstić information content (AvgIpc) is 3.46. The first-order valence-electron chi connectivity index (χ1n) is 21.5. The summed E-state index contributed by atoms with van der Waals surface area (Å²) < 4.78 is 13.3. The average molecular weight is 660 g/mol. The number of likely N-dealkylation sites (N-methyl/N-ethyl adjacent to an activating group) is 1. The molecule has 0 aliphatic carbocycles. The normalized spacial score (nSPS) is 16.5. The fraction of sp³-hybridized carbons (Fsp3) is 0.909. The molecule has 0 radical (unpaired) electrons. The quantitative estimate of drug-likeness (QED) is 0.0493. The van der Waals surface area contributed by atoms with E-state index in [0.717, 1.165) is 32.5 Å². The highest BCUT2D eigenvalue weighted by molar-refractivity contribution is 4.83. The number of ether oxygens (including phenoxy) is 2. The SMILES string of the molecule is CCCCCCCC/C=C\CCCCCCCCC1(CCCCCCCC/C=C\CCCCCCCC)OC[C@H](CN(C)CCC)O1. The lowest BCUT2D eigenvalue weighted by atomic mass is 9.98. The van der Waals surface area contributed by atoms with Crippen molar-refractivity contribution in [2.45, 2.75) is 232 Å². The highest BCUT2D eigenvalue weighted by atomic mass is 16.7. The van der Waals surface area contributed by atoms with Gasteiger partial charge in [0.2, 0.25) is 0 Å². The zero-order chi connectivity index (χ0) is 33.9. The van der Waals surface area contributed by atoms with Crippen molar-refractivity contribution in [2.75, 3.05) is 26.7 Å². The standard InChI is InChI=1S/C44H85NO2/c1-5-8-10-12-14-16-18-20-22-24-26-28-30-32-34-36-38-44(46-42-43(47-44)41-45(4)40-7-3)39-37-35-33-31-29-27-25-23-21-19-17-15-13-11-9-6-2/h20-23,43H,5-19,24-42H2,1-4H3/b22-20-,23-21-/t43-/m0/s1. The summed E-state index contributed by atoms with van der Waals surface area (Å²) in [6.45, 7) is 9.75. The zero-order valence-corrected chi connectivity index (χ0v) is 32.7. The van der Waals surface area contributed by atoms with Gasteiger partial charge in [0.05, 0.1) is 12.7 Å². The van der Waals surface area contributed by atoms with E-state index in [4.69, 9.17) is 9.47 Å². The molecule has 0 amide bonds. The zero-order valence-electron chi connectivity index (χ0n) is 32.7. The van der Waals surface area contributed by atoms with Gasteiger partial charge in [-0.15, -0.1) is 0 Å². The van der Waals surface area contributed by atoms with Gasteiger partial charge in [-0.2, -0.15) is 0 Å². The molecule has 0 aromatic carbocycles. The molecule has 47 heavy (non-hydrogen) atoms. The highest BCUT2D eigenvalue weighted by Crippen LogP contribution is 2.35. The molecule has 0 bridgehead atoms. The Morgan fingerprint density at radius 2 is 0.851 bits per heavy atom. The topological polar surface area (TPSA) is 21.7 Å². The van der Waals surface area contributed by atoms with Gasteiger partial charge in [0, 0.05) is 19.4 Å². The van der Waals surface area contributed by atoms with Gasteiger partial charge in [-0.3, -0.25) is 0 Å². The molecule has 278 valence electrons. The van der Waals surface area contributed by atoms with Gasteiger partial charge in [-0.1, -0.05) is 161 Å². The third-order valence-corrected chi connectivity index (χ3v) is 10.2. The van der Waals surface area contributed by atoms with E-state index in [-0.39, 0.29) is 11.9 Å². The Kier molecular flexibility index (Phi) is 32.0. The van der Waals surface area contributed by atoms with Gasteiger partial charge in [-0.25, -0.2) is 0 Å². The Balaban J connectivity index is 2.17. The largest absolute Gasteiger partial charge is 0.347 e. The molecule has 1 aliphatic heterocycles. The number of allylic oxidation sites excluding steroid dienone is 4. The lowest BCUT2D eigenvalue weighted by Gasteiger charge is -2.29. The van der Waals surface area contributed by atoms with Crippen LogP contribution in [0.1, 0.15) is 220 Å². The number of hydrogen-bond acceptors (Lipinski definition) is 3. The molecule has 0 unspecified atom stereocenters. The molecule has 0 aromatic heterocycles. The number of unbranched alkanes of at least 4 members (excludes halogenated alkanes) is 24. The molecule has 1 rings (SSSR count). The lowest BCUT2D eigenvalue weighted by molar-refractivity contribution is -0.180. The first kappa shape index (κ1) is 44.4. The number of hydrogen-bond donors (Lipinski definition) is 0. The summed E-state index contributed by atoms with van der Waals surface area (Å²) >= 11 is 0. The van der Waals surface area contributed by atoms with E-state index in [0.29, 0.717) is 0 Å². The minimum atomic E-state index is -0.320. The summed E-state index contributed by atoms with van der Waals surface area (Å²) in [6, 6.07) is 0. The summed E-state index contributed by atoms with van der Waals surface area (Å²) in [4.78, 5) is 2.41. The summed E-state index contributed by atoms with van der Waals surface area (Å²) in [6.07, 6.45) is 51.3. The maximum absolute atomic E-state index is 6.74. The van der Waals surface area contributed by atoms with Crippen molar-refractivity contribution in [1.29, 1.82) is 0 Å². The fourth-order valence-electron chi connectivity index (χ4n) is 7.20. The second kappa shape index (κ2) is 33.8. The van der Waals surface area contributed by atoms with Crippen molar-refractivity contribution in [3.05, 3.63) is 24.3 Å². The van der Waals surface area contributed by atoms with Crippen molar-refractivity contribution < 1.29 is 9.47 Å². The highest BCUT2D eigenvalue weighted by Gasteiger charge is 2.40. The van der Waals surface area contributed by atoms with Crippen LogP contribution < -0.4 is 0 Å². The van der Waals surface area contributed by atoms with Crippen LogP contribution in [0.5, 0.6) is 0 Å². The minimum absolute atomic E-state index is 0.231. The van der Waals surface area contributed by atoms with E-state index in [9.17, 15) is 0 Å². The third kappa shape index (κ3) is 27.8. The maximum Gasteiger partial charge on any atom is 0.168 e. The van der Waals surface area contributed by atoms with Crippen LogP contribution in [0.15, 0.2) is 24.3 Å². The predicted molar refractivity (Wildman–Crippen MR) is 209 cm³/mol. The second-order valence-electron chi connectivity index (χ2n) is 15.1. The fourth-order valence-corrected chi connectivity index (χ4v) is 7.20. The molecule has 1 saturated heterocycles. The van der Waals surface area contributed by atoms with Crippen LogP contribution in [-0.2, 0) is 9.47 Å². The molecule has 1 atom stereocenters. The van der Waals surface area contributed by atoms with Crippen LogP contribution in [0.2, 0.25) is 0 Å². The third-order valence-electron chi connectivity index (χ3n) is 10.2. The van der Waals surface area contributed by atoms with E-state index in [1.54, 1.807) is 0 Å². The molecule has 1 aliphatic rings. The molecule has 0 spiro atoms. The van der Waals surface area contributed by atoms with Crippen LogP contribution in [0.25, 0.3) is 0 Å². The van der Waals surface area contributed by atoms with E-state index < -0.39 is 0 Å². The minimum Gasteiger partial charge on any atom is -0.347 e. The first-order valence-corrected chi connectivity index (χ1v) is 21.5. The Hall–Kier alpha value is -0.640. The summed E-state index contributed by atoms with van der Waals surface area (Å²) in [7, 11) is 2.23. The molecule has 0 saturated carbocycles. The van der Waals surface area contributed by atoms with Crippen molar-refractivity contribution in [3.63, 3.8) is 0 Å². The molecular weight excluding hydrogens is 574 g/mol. The van der Waals surface area contributed by atoms with Gasteiger partial charge in [-0.05, 0) is 84.2 Å². The smallest absolute Gasteiger partial charge is 0.168 e. The van der Waals surface area contributed by atoms with E-state index >= 15 is 0 Å². The predicted octanol–water partition coefficient (Wildman–Crippen LogP) is 14.3. The lowest BCUT2D eigenvalue weighted by Crippen LogP contribution is -2.35. The van der Waals surface area contributed by atoms with Gasteiger partial charge >= 0.3 is 0 Å². The molecule has 3 nitrogen and oxygen atoms in total. The maximum atomic E-state index is 6.74. The van der Waals surface area contributed by atoms with Gasteiger partial charge in [0.1, 0.15) is 0 Å². The summed E-state index contributed by atoms with van der Waals surface area (Å²) in [5.74, 6) is -0.320. The molecule has 0 aromatic rings. The van der Waals surface area contributed by atoms with Gasteiger partial charge in [0.25, 0.3) is 0 Å². The van der Waals surface area contributed by atoms with Gasteiger partial charge in [0.15, 0.2) is 5.79 Å². The van der Waals surface area contributed by atoms with Crippen molar-refractivity contribution >= 4 is 0 Å². The molecule has 0 N–H and O–H groups in total. The molecule has 1 heterocycles. The number of nitrogens with zero attached hydrogens (tertiary/aromatic N) is 1.